The number of piperazine rings is 2. The van der Waals surface area contributed by atoms with Gasteiger partial charge in [0.05, 0.1) is 0 Å². The lowest BCUT2D eigenvalue weighted by atomic mass is 10.0. The van der Waals surface area contributed by atoms with Crippen LogP contribution in [0.4, 0.5) is 4.79 Å². The average Bonchev–Trinajstić information content (AvgIpc) is 2.26. The van der Waals surface area contributed by atoms with Gasteiger partial charge in [-0.3, -0.25) is 4.79 Å². The number of nitrogens with one attached hydrogen (secondary N) is 1. The van der Waals surface area contributed by atoms with Crippen LogP contribution in [0.3, 0.4) is 0 Å². The van der Waals surface area contributed by atoms with Gasteiger partial charge in [-0.2, -0.15) is 0 Å². The van der Waals surface area contributed by atoms with Crippen LogP contribution in [-0.4, -0.2) is 71.0 Å². The van der Waals surface area contributed by atoms with E-state index < -0.39 is 6.09 Å². The normalized spacial score (nSPS) is 29.1. The van der Waals surface area contributed by atoms with Crippen LogP contribution in [0, 0.1) is 0 Å². The molecule has 2 rings (SSSR count). The highest BCUT2D eigenvalue weighted by Gasteiger charge is 2.36. The minimum atomic E-state index is -0.895. The number of rotatable bonds is 1. The highest BCUT2D eigenvalue weighted by molar-refractivity contribution is 6.27. The first kappa shape index (κ1) is 11.5. The molecule has 0 aliphatic carbocycles. The van der Waals surface area contributed by atoms with Crippen molar-refractivity contribution in [2.75, 3.05) is 32.1 Å². The number of amides is 2. The van der Waals surface area contributed by atoms with Crippen molar-refractivity contribution in [2.45, 2.75) is 12.1 Å². The van der Waals surface area contributed by atoms with E-state index in [-0.39, 0.29) is 23.9 Å². The van der Waals surface area contributed by atoms with Crippen molar-refractivity contribution in [3.63, 3.8) is 0 Å². The number of fused-ring (bicyclic) bond motifs is 2. The number of halogens is 1. The Labute approximate surface area is 98.1 Å². The van der Waals surface area contributed by atoms with Crippen molar-refractivity contribution in [1.29, 1.82) is 0 Å². The van der Waals surface area contributed by atoms with Gasteiger partial charge in [-0.1, -0.05) is 0 Å². The van der Waals surface area contributed by atoms with Crippen molar-refractivity contribution >= 4 is 23.6 Å². The predicted octanol–water partition coefficient (Wildman–Crippen LogP) is -0.612. The molecule has 90 valence electrons. The van der Waals surface area contributed by atoms with Crippen LogP contribution >= 0.6 is 11.6 Å². The summed E-state index contributed by atoms with van der Waals surface area (Å²) in [5.74, 6) is -0.0934. The van der Waals surface area contributed by atoms with E-state index >= 15 is 0 Å². The average molecular weight is 248 g/mol. The van der Waals surface area contributed by atoms with E-state index in [1.54, 1.807) is 4.90 Å². The summed E-state index contributed by atoms with van der Waals surface area (Å²) in [6.07, 6.45) is -0.895. The molecule has 2 amide bonds. The second-order valence-corrected chi connectivity index (χ2v) is 4.45. The zero-order chi connectivity index (χ0) is 11.7. The van der Waals surface area contributed by atoms with E-state index in [4.69, 9.17) is 16.7 Å². The molecule has 2 N–H and O–H groups in total. The standard InChI is InChI=1S/C9H14ClN3O3/c10-1-8(14)12-2-6-4-13(9(15)16)5-7(3-12)11-6/h6-7,11H,1-5H2,(H,15,16). The number of carbonyl (C=O) groups excluding carboxylic acids is 1. The predicted molar refractivity (Wildman–Crippen MR) is 57.6 cm³/mol. The Bertz CT molecular complexity index is 298. The Kier molecular flexibility index (Phi) is 3.20. The molecule has 0 aromatic carbocycles. The fraction of sp³-hybridized carbons (Fsp3) is 0.778. The highest BCUT2D eigenvalue weighted by Crippen LogP contribution is 2.13. The lowest BCUT2D eigenvalue weighted by Gasteiger charge is -2.45. The van der Waals surface area contributed by atoms with E-state index in [2.05, 4.69) is 5.32 Å². The molecule has 0 aromatic rings. The minimum absolute atomic E-state index is 0.0118. The summed E-state index contributed by atoms with van der Waals surface area (Å²) in [5, 5.41) is 12.2. The number of carbonyl (C=O) groups is 2. The zero-order valence-electron chi connectivity index (χ0n) is 8.73. The highest BCUT2D eigenvalue weighted by atomic mass is 35.5. The van der Waals surface area contributed by atoms with Gasteiger partial charge in [-0.25, -0.2) is 4.79 Å². The largest absolute Gasteiger partial charge is 0.465 e. The van der Waals surface area contributed by atoms with Crippen molar-refractivity contribution in [3.05, 3.63) is 0 Å². The topological polar surface area (TPSA) is 72.9 Å². The van der Waals surface area contributed by atoms with Crippen molar-refractivity contribution in [1.82, 2.24) is 15.1 Å². The van der Waals surface area contributed by atoms with Gasteiger partial charge in [0.25, 0.3) is 0 Å². The van der Waals surface area contributed by atoms with Gasteiger partial charge in [0.2, 0.25) is 5.91 Å². The second kappa shape index (κ2) is 4.47. The molecular weight excluding hydrogens is 234 g/mol. The van der Waals surface area contributed by atoms with Crippen LogP contribution in [0.15, 0.2) is 0 Å². The summed E-state index contributed by atoms with van der Waals surface area (Å²) in [6, 6.07) is 0.0477. The van der Waals surface area contributed by atoms with Crippen molar-refractivity contribution < 1.29 is 14.7 Å². The van der Waals surface area contributed by atoms with Crippen molar-refractivity contribution in [2.24, 2.45) is 0 Å². The first-order valence-corrected chi connectivity index (χ1v) is 5.71. The summed E-state index contributed by atoms with van der Waals surface area (Å²) in [4.78, 5) is 25.4. The maximum absolute atomic E-state index is 11.4. The maximum Gasteiger partial charge on any atom is 0.407 e. The van der Waals surface area contributed by atoms with Crippen LogP contribution < -0.4 is 5.32 Å². The molecule has 0 saturated carbocycles. The Hall–Kier alpha value is -1.01. The van der Waals surface area contributed by atoms with Gasteiger partial charge in [-0.15, -0.1) is 11.6 Å². The summed E-state index contributed by atoms with van der Waals surface area (Å²) < 4.78 is 0. The first-order valence-electron chi connectivity index (χ1n) is 5.18. The van der Waals surface area contributed by atoms with Gasteiger partial charge in [0, 0.05) is 38.3 Å². The monoisotopic (exact) mass is 247 g/mol. The van der Waals surface area contributed by atoms with Crippen LogP contribution in [-0.2, 0) is 4.79 Å². The Morgan fingerprint density at radius 2 is 1.69 bits per heavy atom. The molecule has 2 fully saturated rings. The molecule has 2 unspecified atom stereocenters. The van der Waals surface area contributed by atoms with Gasteiger partial charge < -0.3 is 20.2 Å². The molecular formula is C9H14ClN3O3. The fourth-order valence-electron chi connectivity index (χ4n) is 2.32. The molecule has 2 heterocycles. The smallest absolute Gasteiger partial charge is 0.407 e. The Morgan fingerprint density at radius 1 is 1.19 bits per heavy atom. The third-order valence-electron chi connectivity index (χ3n) is 2.97. The van der Waals surface area contributed by atoms with E-state index in [0.29, 0.717) is 26.2 Å². The molecule has 2 saturated heterocycles. The molecule has 16 heavy (non-hydrogen) atoms. The molecule has 2 bridgehead atoms. The third kappa shape index (κ3) is 2.22. The number of hydrogen-bond acceptors (Lipinski definition) is 3. The maximum atomic E-state index is 11.4. The van der Waals surface area contributed by atoms with Crippen LogP contribution in [0.1, 0.15) is 0 Å². The van der Waals surface area contributed by atoms with Crippen LogP contribution in [0.2, 0.25) is 0 Å². The summed E-state index contributed by atoms with van der Waals surface area (Å²) in [5.41, 5.74) is 0. The minimum Gasteiger partial charge on any atom is -0.465 e. The van der Waals surface area contributed by atoms with E-state index in [1.807, 2.05) is 0 Å². The molecule has 0 spiro atoms. The van der Waals surface area contributed by atoms with Gasteiger partial charge in [0.15, 0.2) is 0 Å². The van der Waals surface area contributed by atoms with Gasteiger partial charge in [-0.05, 0) is 0 Å². The lowest BCUT2D eigenvalue weighted by Crippen LogP contribution is -2.68. The summed E-state index contributed by atoms with van der Waals surface area (Å²) in [6.45, 7) is 1.92. The quantitative estimate of drug-likeness (QED) is 0.607. The molecule has 2 aliphatic heterocycles. The molecule has 7 heteroatoms. The first-order chi connectivity index (χ1) is 7.60. The molecule has 2 atom stereocenters. The van der Waals surface area contributed by atoms with E-state index in [0.717, 1.165) is 0 Å². The number of alkyl halides is 1. The molecule has 0 radical (unpaired) electrons. The number of hydrogen-bond donors (Lipinski definition) is 2. The van der Waals surface area contributed by atoms with Gasteiger partial charge in [0.1, 0.15) is 5.88 Å². The van der Waals surface area contributed by atoms with Gasteiger partial charge >= 0.3 is 6.09 Å². The zero-order valence-corrected chi connectivity index (χ0v) is 9.48. The molecule has 0 aromatic heterocycles. The molecule has 2 aliphatic rings. The van der Waals surface area contributed by atoms with Crippen molar-refractivity contribution in [3.8, 4) is 0 Å². The third-order valence-corrected chi connectivity index (χ3v) is 3.20. The van der Waals surface area contributed by atoms with Crippen LogP contribution in [0.5, 0.6) is 0 Å². The second-order valence-electron chi connectivity index (χ2n) is 4.18. The Morgan fingerprint density at radius 3 is 2.12 bits per heavy atom. The van der Waals surface area contributed by atoms with E-state index in [9.17, 15) is 9.59 Å². The summed E-state index contributed by atoms with van der Waals surface area (Å²) in [7, 11) is 0. The van der Waals surface area contributed by atoms with Crippen LogP contribution in [0.25, 0.3) is 0 Å². The summed E-state index contributed by atoms with van der Waals surface area (Å²) >= 11 is 5.50. The molecule has 6 nitrogen and oxygen atoms in total. The fourth-order valence-corrected chi connectivity index (χ4v) is 2.49. The van der Waals surface area contributed by atoms with E-state index in [1.165, 1.54) is 4.90 Å². The lowest BCUT2D eigenvalue weighted by molar-refractivity contribution is -0.131. The number of carboxylic acid groups (broad SMARTS) is 1. The SMILES string of the molecule is O=C(O)N1CC2CN(C(=O)CCl)CC(C1)N2. The number of nitrogens with zero attached hydrogens (tertiary/aromatic N) is 2. The Balaban J connectivity index is 2.00.